The highest BCUT2D eigenvalue weighted by atomic mass is 35.5. The Morgan fingerprint density at radius 3 is 2.37 bits per heavy atom. The van der Waals surface area contributed by atoms with Crippen LogP contribution in [-0.2, 0) is 4.74 Å². The molecular formula is C16H26ClNO. The summed E-state index contributed by atoms with van der Waals surface area (Å²) in [6.07, 6.45) is 0.0984. The van der Waals surface area contributed by atoms with Crippen molar-refractivity contribution in [2.24, 2.45) is 5.41 Å². The molecule has 0 spiro atoms. The van der Waals surface area contributed by atoms with E-state index in [2.05, 4.69) is 38.2 Å². The Morgan fingerprint density at radius 1 is 1.32 bits per heavy atom. The highest BCUT2D eigenvalue weighted by Gasteiger charge is 2.33. The van der Waals surface area contributed by atoms with Gasteiger partial charge in [-0.25, -0.2) is 0 Å². The average Bonchev–Trinajstić information content (AvgIpc) is 2.32. The maximum absolute atomic E-state index is 6.24. The van der Waals surface area contributed by atoms with Gasteiger partial charge >= 0.3 is 0 Å². The van der Waals surface area contributed by atoms with Crippen LogP contribution in [0.15, 0.2) is 18.2 Å². The zero-order valence-corrected chi connectivity index (χ0v) is 13.6. The summed E-state index contributed by atoms with van der Waals surface area (Å²) < 4.78 is 5.98. The molecule has 0 aliphatic carbocycles. The van der Waals surface area contributed by atoms with Crippen LogP contribution in [0.25, 0.3) is 0 Å². The molecule has 1 rings (SSSR count). The lowest BCUT2D eigenvalue weighted by Gasteiger charge is -2.37. The van der Waals surface area contributed by atoms with Crippen LogP contribution in [-0.4, -0.2) is 19.8 Å². The maximum atomic E-state index is 6.24. The SMILES string of the molecule is CCOC(C(NC)c1ccc(C)c(Cl)c1)C(C)(C)C. The first-order chi connectivity index (χ1) is 8.81. The number of halogens is 1. The molecule has 1 N–H and O–H groups in total. The van der Waals surface area contributed by atoms with E-state index in [0.29, 0.717) is 6.61 Å². The molecule has 2 unspecified atom stereocenters. The van der Waals surface area contributed by atoms with Crippen molar-refractivity contribution in [2.75, 3.05) is 13.7 Å². The summed E-state index contributed by atoms with van der Waals surface area (Å²) in [7, 11) is 1.97. The lowest BCUT2D eigenvalue weighted by molar-refractivity contribution is -0.0350. The van der Waals surface area contributed by atoms with Gasteiger partial charge in [-0.1, -0.05) is 44.5 Å². The number of aryl methyl sites for hydroxylation is 1. The third-order valence-corrected chi connectivity index (χ3v) is 3.78. The summed E-state index contributed by atoms with van der Waals surface area (Å²) in [5.41, 5.74) is 2.33. The van der Waals surface area contributed by atoms with Crippen LogP contribution in [0.3, 0.4) is 0 Å². The van der Waals surface area contributed by atoms with E-state index in [1.807, 2.05) is 27.0 Å². The normalized spacial score (nSPS) is 15.3. The predicted molar refractivity (Wildman–Crippen MR) is 82.9 cm³/mol. The van der Waals surface area contributed by atoms with E-state index in [0.717, 1.165) is 10.6 Å². The van der Waals surface area contributed by atoms with Gasteiger partial charge in [0.25, 0.3) is 0 Å². The van der Waals surface area contributed by atoms with Crippen molar-refractivity contribution < 1.29 is 4.74 Å². The summed E-state index contributed by atoms with van der Waals surface area (Å²) in [6.45, 7) is 11.4. The molecule has 0 fully saturated rings. The minimum atomic E-state index is 0.0566. The van der Waals surface area contributed by atoms with Crippen LogP contribution >= 0.6 is 11.6 Å². The van der Waals surface area contributed by atoms with Gasteiger partial charge in [0.1, 0.15) is 0 Å². The van der Waals surface area contributed by atoms with Gasteiger partial charge in [0.15, 0.2) is 0 Å². The average molecular weight is 284 g/mol. The first kappa shape index (κ1) is 16.5. The molecule has 1 aromatic carbocycles. The van der Waals surface area contributed by atoms with E-state index in [-0.39, 0.29) is 17.6 Å². The number of hydrogen-bond donors (Lipinski definition) is 1. The van der Waals surface area contributed by atoms with E-state index >= 15 is 0 Å². The summed E-state index contributed by atoms with van der Waals surface area (Å²) in [5.74, 6) is 0. The van der Waals surface area contributed by atoms with Gasteiger partial charge in [0, 0.05) is 11.6 Å². The fraction of sp³-hybridized carbons (Fsp3) is 0.625. The molecule has 0 saturated carbocycles. The van der Waals surface area contributed by atoms with Gasteiger partial charge in [-0.15, -0.1) is 0 Å². The quantitative estimate of drug-likeness (QED) is 0.867. The highest BCUT2D eigenvalue weighted by Crippen LogP contribution is 2.34. The summed E-state index contributed by atoms with van der Waals surface area (Å²) in [5, 5.41) is 4.18. The van der Waals surface area contributed by atoms with Gasteiger partial charge < -0.3 is 10.1 Å². The molecule has 19 heavy (non-hydrogen) atoms. The lowest BCUT2D eigenvalue weighted by Crippen LogP contribution is -2.41. The molecular weight excluding hydrogens is 258 g/mol. The summed E-state index contributed by atoms with van der Waals surface area (Å²) in [4.78, 5) is 0. The maximum Gasteiger partial charge on any atom is 0.0817 e. The van der Waals surface area contributed by atoms with E-state index in [1.165, 1.54) is 5.56 Å². The third kappa shape index (κ3) is 4.20. The number of likely N-dealkylation sites (N-methyl/N-ethyl adjacent to an activating group) is 1. The van der Waals surface area contributed by atoms with Gasteiger partial charge in [-0.05, 0) is 43.5 Å². The molecule has 0 heterocycles. The molecule has 0 aliphatic heterocycles. The van der Waals surface area contributed by atoms with Crippen LogP contribution < -0.4 is 5.32 Å². The van der Waals surface area contributed by atoms with Crippen molar-refractivity contribution in [3.05, 3.63) is 34.3 Å². The number of hydrogen-bond acceptors (Lipinski definition) is 2. The Morgan fingerprint density at radius 2 is 1.95 bits per heavy atom. The number of ether oxygens (including phenoxy) is 1. The summed E-state index contributed by atoms with van der Waals surface area (Å²) >= 11 is 6.24. The molecule has 0 saturated heterocycles. The van der Waals surface area contributed by atoms with Gasteiger partial charge in [0.05, 0.1) is 12.1 Å². The van der Waals surface area contributed by atoms with Crippen LogP contribution in [0, 0.1) is 12.3 Å². The minimum Gasteiger partial charge on any atom is -0.376 e. The Kier molecular flexibility index (Phi) is 5.84. The van der Waals surface area contributed by atoms with Crippen molar-refractivity contribution in [2.45, 2.75) is 46.8 Å². The standard InChI is InChI=1S/C16H26ClNO/c1-7-19-15(16(3,4)5)14(18-6)12-9-8-11(2)13(17)10-12/h8-10,14-15,18H,7H2,1-6H3. The lowest BCUT2D eigenvalue weighted by atomic mass is 9.82. The Bertz CT molecular complexity index is 412. The van der Waals surface area contributed by atoms with Crippen LogP contribution in [0.2, 0.25) is 5.02 Å². The largest absolute Gasteiger partial charge is 0.376 e. The molecule has 0 bridgehead atoms. The number of benzene rings is 1. The van der Waals surface area contributed by atoms with E-state index in [1.54, 1.807) is 0 Å². The summed E-state index contributed by atoms with van der Waals surface area (Å²) in [6, 6.07) is 6.36. The monoisotopic (exact) mass is 283 g/mol. The molecule has 1 aromatic rings. The molecule has 0 radical (unpaired) electrons. The van der Waals surface area contributed by atoms with Crippen molar-refractivity contribution in [1.29, 1.82) is 0 Å². The second-order valence-corrected chi connectivity index (χ2v) is 6.42. The van der Waals surface area contributed by atoms with Crippen LogP contribution in [0.1, 0.15) is 44.9 Å². The zero-order valence-electron chi connectivity index (χ0n) is 12.9. The molecule has 2 nitrogen and oxygen atoms in total. The van der Waals surface area contributed by atoms with Gasteiger partial charge in [-0.2, -0.15) is 0 Å². The molecule has 0 aromatic heterocycles. The van der Waals surface area contributed by atoms with E-state index < -0.39 is 0 Å². The minimum absolute atomic E-state index is 0.0566. The van der Waals surface area contributed by atoms with E-state index in [4.69, 9.17) is 16.3 Å². The topological polar surface area (TPSA) is 21.3 Å². The zero-order chi connectivity index (χ0) is 14.6. The Hall–Kier alpha value is -0.570. The van der Waals surface area contributed by atoms with Crippen molar-refractivity contribution in [1.82, 2.24) is 5.32 Å². The van der Waals surface area contributed by atoms with Gasteiger partial charge in [0.2, 0.25) is 0 Å². The second kappa shape index (κ2) is 6.74. The Balaban J connectivity index is 3.12. The fourth-order valence-electron chi connectivity index (χ4n) is 2.32. The Labute approximate surface area is 122 Å². The van der Waals surface area contributed by atoms with Crippen molar-refractivity contribution >= 4 is 11.6 Å². The predicted octanol–water partition coefficient (Wildman–Crippen LogP) is 4.36. The second-order valence-electron chi connectivity index (χ2n) is 6.02. The van der Waals surface area contributed by atoms with Gasteiger partial charge in [-0.3, -0.25) is 0 Å². The smallest absolute Gasteiger partial charge is 0.0817 e. The van der Waals surface area contributed by atoms with Crippen LogP contribution in [0.4, 0.5) is 0 Å². The molecule has 3 heteroatoms. The highest BCUT2D eigenvalue weighted by molar-refractivity contribution is 6.31. The first-order valence-electron chi connectivity index (χ1n) is 6.86. The van der Waals surface area contributed by atoms with Crippen molar-refractivity contribution in [3.8, 4) is 0 Å². The molecule has 2 atom stereocenters. The number of nitrogens with one attached hydrogen (secondary N) is 1. The number of rotatable bonds is 5. The third-order valence-electron chi connectivity index (χ3n) is 3.37. The van der Waals surface area contributed by atoms with Crippen molar-refractivity contribution in [3.63, 3.8) is 0 Å². The van der Waals surface area contributed by atoms with E-state index in [9.17, 15) is 0 Å². The fourth-order valence-corrected chi connectivity index (χ4v) is 2.51. The molecule has 0 amide bonds. The molecule has 0 aliphatic rings. The first-order valence-corrected chi connectivity index (χ1v) is 7.24. The molecule has 108 valence electrons. The van der Waals surface area contributed by atoms with Crippen LogP contribution in [0.5, 0.6) is 0 Å².